The second-order valence-corrected chi connectivity index (χ2v) is 3.16. The molecule has 0 aromatic heterocycles. The molecule has 1 atom stereocenters. The van der Waals surface area contributed by atoms with Crippen LogP contribution in [0.1, 0.15) is 5.56 Å². The van der Waals surface area contributed by atoms with Crippen molar-refractivity contribution in [3.63, 3.8) is 0 Å². The van der Waals surface area contributed by atoms with Crippen molar-refractivity contribution in [2.24, 2.45) is 0 Å². The highest BCUT2D eigenvalue weighted by molar-refractivity contribution is 7.77. The molecule has 1 N–H and O–H groups in total. The minimum absolute atomic E-state index is 0.306. The molecular formula is C8H10NO3S-. The molecule has 13 heavy (non-hydrogen) atoms. The van der Waals surface area contributed by atoms with Gasteiger partial charge in [0, 0.05) is 17.8 Å². The van der Waals surface area contributed by atoms with Gasteiger partial charge in [-0.2, -0.15) is 0 Å². The molecule has 0 heterocycles. The monoisotopic (exact) mass is 200 g/mol. The van der Waals surface area contributed by atoms with E-state index in [4.69, 9.17) is 4.74 Å². The zero-order chi connectivity index (χ0) is 9.68. The van der Waals surface area contributed by atoms with E-state index in [1.54, 1.807) is 31.4 Å². The van der Waals surface area contributed by atoms with Crippen molar-refractivity contribution < 1.29 is 13.5 Å². The highest BCUT2D eigenvalue weighted by Crippen LogP contribution is 2.10. The normalized spacial score (nSPS) is 12.5. The van der Waals surface area contributed by atoms with Gasteiger partial charge >= 0.3 is 0 Å². The number of nitrogens with one attached hydrogen (secondary N) is 1. The van der Waals surface area contributed by atoms with Crippen molar-refractivity contribution in [1.82, 2.24) is 4.72 Å². The summed E-state index contributed by atoms with van der Waals surface area (Å²) < 4.78 is 27.5. The van der Waals surface area contributed by atoms with Crippen LogP contribution in [-0.2, 0) is 17.8 Å². The Hall–Kier alpha value is -0.910. The fraction of sp³-hybridized carbons (Fsp3) is 0.250. The van der Waals surface area contributed by atoms with Crippen LogP contribution in [0.25, 0.3) is 0 Å². The average Bonchev–Trinajstić information content (AvgIpc) is 2.15. The minimum Gasteiger partial charge on any atom is -0.760 e. The maximum Gasteiger partial charge on any atom is 0.118 e. The Balaban J connectivity index is 2.54. The van der Waals surface area contributed by atoms with Gasteiger partial charge in [-0.25, -0.2) is 4.72 Å². The second kappa shape index (κ2) is 4.96. The number of ether oxygens (including phenoxy) is 1. The quantitative estimate of drug-likeness (QED) is 0.723. The Kier molecular flexibility index (Phi) is 3.88. The lowest BCUT2D eigenvalue weighted by Crippen LogP contribution is -2.15. The standard InChI is InChI=1S/C8H11NO3S/c1-12-8-4-2-7(3-5-8)6-9-13(10)11/h2-5,9H,6H2,1H3,(H,10,11)/p-1. The summed E-state index contributed by atoms with van der Waals surface area (Å²) >= 11 is -2.20. The van der Waals surface area contributed by atoms with Crippen LogP contribution < -0.4 is 9.46 Å². The molecule has 0 aliphatic heterocycles. The fourth-order valence-corrected chi connectivity index (χ4v) is 1.17. The SMILES string of the molecule is COc1ccc(CNS(=O)[O-])cc1. The van der Waals surface area contributed by atoms with Gasteiger partial charge < -0.3 is 9.29 Å². The van der Waals surface area contributed by atoms with Gasteiger partial charge in [0.2, 0.25) is 0 Å². The number of methoxy groups -OCH3 is 1. The van der Waals surface area contributed by atoms with Crippen LogP contribution in [0.2, 0.25) is 0 Å². The average molecular weight is 200 g/mol. The molecule has 0 aliphatic rings. The van der Waals surface area contributed by atoms with Gasteiger partial charge in [0.25, 0.3) is 0 Å². The van der Waals surface area contributed by atoms with Crippen LogP contribution in [0.3, 0.4) is 0 Å². The van der Waals surface area contributed by atoms with E-state index >= 15 is 0 Å². The van der Waals surface area contributed by atoms with E-state index in [2.05, 4.69) is 4.72 Å². The smallest absolute Gasteiger partial charge is 0.118 e. The van der Waals surface area contributed by atoms with Crippen LogP contribution in [0, 0.1) is 0 Å². The molecule has 1 rings (SSSR count). The number of hydrogen-bond donors (Lipinski definition) is 1. The summed E-state index contributed by atoms with van der Waals surface area (Å²) in [5.41, 5.74) is 0.894. The molecule has 5 heteroatoms. The van der Waals surface area contributed by atoms with Crippen molar-refractivity contribution in [1.29, 1.82) is 0 Å². The summed E-state index contributed by atoms with van der Waals surface area (Å²) in [4.78, 5) is 0. The Morgan fingerprint density at radius 3 is 2.54 bits per heavy atom. The van der Waals surface area contributed by atoms with Gasteiger partial charge in [0.05, 0.1) is 7.11 Å². The van der Waals surface area contributed by atoms with Crippen LogP contribution in [0.4, 0.5) is 0 Å². The maximum absolute atomic E-state index is 10.2. The molecule has 0 saturated heterocycles. The molecule has 0 bridgehead atoms. The molecule has 0 amide bonds. The van der Waals surface area contributed by atoms with E-state index < -0.39 is 11.3 Å². The third-order valence-electron chi connectivity index (χ3n) is 1.55. The second-order valence-electron chi connectivity index (χ2n) is 2.40. The van der Waals surface area contributed by atoms with Crippen molar-refractivity contribution in [2.45, 2.75) is 6.54 Å². The van der Waals surface area contributed by atoms with E-state index in [0.29, 0.717) is 6.54 Å². The van der Waals surface area contributed by atoms with Crippen LogP contribution in [-0.4, -0.2) is 15.9 Å². The van der Waals surface area contributed by atoms with Gasteiger partial charge in [-0.3, -0.25) is 4.21 Å². The van der Waals surface area contributed by atoms with E-state index in [1.807, 2.05) is 0 Å². The Bertz CT molecular complexity index is 286. The lowest BCUT2D eigenvalue weighted by Gasteiger charge is -2.07. The largest absolute Gasteiger partial charge is 0.760 e. The molecule has 72 valence electrons. The van der Waals surface area contributed by atoms with E-state index in [9.17, 15) is 8.76 Å². The summed E-state index contributed by atoms with van der Waals surface area (Å²) in [6.07, 6.45) is 0. The molecule has 1 aromatic carbocycles. The van der Waals surface area contributed by atoms with E-state index in [1.165, 1.54) is 0 Å². The Labute approximate surface area is 79.3 Å². The van der Waals surface area contributed by atoms with E-state index in [-0.39, 0.29) is 0 Å². The van der Waals surface area contributed by atoms with E-state index in [0.717, 1.165) is 11.3 Å². The van der Waals surface area contributed by atoms with Gasteiger partial charge in [-0.15, -0.1) is 0 Å². The topological polar surface area (TPSA) is 61.4 Å². The first-order valence-electron chi connectivity index (χ1n) is 3.68. The third-order valence-corrected chi connectivity index (χ3v) is 1.93. The maximum atomic E-state index is 10.2. The van der Waals surface area contributed by atoms with Gasteiger partial charge in [0.15, 0.2) is 0 Å². The lowest BCUT2D eigenvalue weighted by molar-refractivity contribution is 0.414. The zero-order valence-electron chi connectivity index (χ0n) is 7.15. The molecule has 0 spiro atoms. The molecule has 0 radical (unpaired) electrons. The predicted molar refractivity (Wildman–Crippen MR) is 48.8 cm³/mol. The predicted octanol–water partition coefficient (Wildman–Crippen LogP) is 0.579. The van der Waals surface area contributed by atoms with Gasteiger partial charge in [-0.05, 0) is 17.7 Å². The van der Waals surface area contributed by atoms with Crippen molar-refractivity contribution in [3.05, 3.63) is 29.8 Å². The lowest BCUT2D eigenvalue weighted by atomic mass is 10.2. The summed E-state index contributed by atoms with van der Waals surface area (Å²) in [5, 5.41) is 0. The Morgan fingerprint density at radius 1 is 1.46 bits per heavy atom. The number of benzene rings is 1. The fourth-order valence-electron chi connectivity index (χ4n) is 0.886. The molecular weight excluding hydrogens is 190 g/mol. The van der Waals surface area contributed by atoms with Crippen LogP contribution in [0.5, 0.6) is 5.75 Å². The summed E-state index contributed by atoms with van der Waals surface area (Å²) in [7, 11) is 1.58. The molecule has 0 aliphatic carbocycles. The molecule has 1 aromatic rings. The van der Waals surface area contributed by atoms with Crippen LogP contribution >= 0.6 is 0 Å². The summed E-state index contributed by atoms with van der Waals surface area (Å²) in [6.45, 7) is 0.306. The highest BCUT2D eigenvalue weighted by atomic mass is 32.2. The third kappa shape index (κ3) is 3.54. The molecule has 1 unspecified atom stereocenters. The van der Waals surface area contributed by atoms with Crippen LogP contribution in [0.15, 0.2) is 24.3 Å². The van der Waals surface area contributed by atoms with Gasteiger partial charge in [-0.1, -0.05) is 12.1 Å². The van der Waals surface area contributed by atoms with Crippen molar-refractivity contribution in [2.75, 3.05) is 7.11 Å². The molecule has 0 fully saturated rings. The van der Waals surface area contributed by atoms with Gasteiger partial charge in [0.1, 0.15) is 5.75 Å². The first kappa shape index (κ1) is 10.2. The minimum atomic E-state index is -2.20. The van der Waals surface area contributed by atoms with Crippen molar-refractivity contribution in [3.8, 4) is 5.75 Å². The Morgan fingerprint density at radius 2 is 2.08 bits per heavy atom. The number of hydrogen-bond acceptors (Lipinski definition) is 3. The first-order valence-corrected chi connectivity index (χ1v) is 4.75. The molecule has 0 saturated carbocycles. The number of rotatable bonds is 4. The summed E-state index contributed by atoms with van der Waals surface area (Å²) in [6, 6.07) is 7.17. The highest BCUT2D eigenvalue weighted by Gasteiger charge is 1.93. The van der Waals surface area contributed by atoms with Crippen molar-refractivity contribution >= 4 is 11.3 Å². The zero-order valence-corrected chi connectivity index (χ0v) is 7.97. The summed E-state index contributed by atoms with van der Waals surface area (Å²) in [5.74, 6) is 0.756. The first-order chi connectivity index (χ1) is 6.22. The molecule has 4 nitrogen and oxygen atoms in total.